The lowest BCUT2D eigenvalue weighted by molar-refractivity contribution is -0.126. The van der Waals surface area contributed by atoms with E-state index in [0.29, 0.717) is 17.7 Å². The Morgan fingerprint density at radius 1 is 1.39 bits per heavy atom. The monoisotopic (exact) mass is 253 g/mol. The summed E-state index contributed by atoms with van der Waals surface area (Å²) in [5.74, 6) is 1.55. The summed E-state index contributed by atoms with van der Waals surface area (Å²) in [6.45, 7) is 11.2. The first-order valence-electron chi connectivity index (χ1n) is 7.85. The first kappa shape index (κ1) is 15.7. The molecule has 1 saturated carbocycles. The largest absolute Gasteiger partial charge is 0.300 e. The van der Waals surface area contributed by atoms with E-state index in [1.165, 1.54) is 19.3 Å². The van der Waals surface area contributed by atoms with Gasteiger partial charge in [0.2, 0.25) is 0 Å². The quantitative estimate of drug-likeness (QED) is 0.686. The molecule has 0 aliphatic heterocycles. The van der Waals surface area contributed by atoms with Crippen LogP contribution in [-0.2, 0) is 4.79 Å². The number of Topliss-reactive ketones (excluding diaryl/α,β-unsaturated/α-hetero) is 1. The molecule has 1 rings (SSSR count). The summed E-state index contributed by atoms with van der Waals surface area (Å²) in [6.07, 6.45) is 6.70. The van der Waals surface area contributed by atoms with E-state index in [2.05, 4.69) is 32.6 Å². The Hall–Kier alpha value is -0.370. The van der Waals surface area contributed by atoms with Crippen LogP contribution >= 0.6 is 0 Å². The molecule has 0 aromatic carbocycles. The second-order valence-electron chi connectivity index (χ2n) is 6.15. The number of carbonyl (C=O) groups is 1. The predicted octanol–water partition coefficient (Wildman–Crippen LogP) is 3.89. The van der Waals surface area contributed by atoms with Crippen LogP contribution in [0.15, 0.2) is 0 Å². The van der Waals surface area contributed by atoms with Crippen molar-refractivity contribution in [1.29, 1.82) is 0 Å². The lowest BCUT2D eigenvalue weighted by Crippen LogP contribution is -2.41. The Bertz CT molecular complexity index is 251. The van der Waals surface area contributed by atoms with Gasteiger partial charge in [-0.1, -0.05) is 27.2 Å². The Morgan fingerprint density at radius 2 is 2.11 bits per heavy atom. The molecule has 3 atom stereocenters. The normalized spacial score (nSPS) is 26.6. The molecule has 1 aliphatic carbocycles. The standard InChI is InChI=1S/C16H31NO/c1-5-7-10-17(14(4)6-2)12-15-11-13(3)8-9-16(15)18/h13-15H,5-12H2,1-4H3. The number of nitrogens with zero attached hydrogens (tertiary/aromatic N) is 1. The fourth-order valence-corrected chi connectivity index (χ4v) is 2.90. The maximum atomic E-state index is 12.0. The molecule has 1 fully saturated rings. The van der Waals surface area contributed by atoms with Crippen LogP contribution in [0.4, 0.5) is 0 Å². The summed E-state index contributed by atoms with van der Waals surface area (Å²) in [5, 5.41) is 0. The molecule has 0 heterocycles. The zero-order valence-corrected chi connectivity index (χ0v) is 12.7. The lowest BCUT2D eigenvalue weighted by atomic mass is 9.81. The topological polar surface area (TPSA) is 20.3 Å². The molecule has 0 N–H and O–H groups in total. The van der Waals surface area contributed by atoms with Crippen LogP contribution < -0.4 is 0 Å². The summed E-state index contributed by atoms with van der Waals surface area (Å²) in [4.78, 5) is 14.6. The second-order valence-corrected chi connectivity index (χ2v) is 6.15. The molecule has 3 unspecified atom stereocenters. The van der Waals surface area contributed by atoms with E-state index in [0.717, 1.165) is 38.3 Å². The minimum absolute atomic E-state index is 0.305. The van der Waals surface area contributed by atoms with Crippen LogP contribution in [0, 0.1) is 11.8 Å². The van der Waals surface area contributed by atoms with Crippen LogP contribution in [0.25, 0.3) is 0 Å². The van der Waals surface area contributed by atoms with Crippen molar-refractivity contribution in [3.05, 3.63) is 0 Å². The highest BCUT2D eigenvalue weighted by Crippen LogP contribution is 2.27. The maximum Gasteiger partial charge on any atom is 0.137 e. The van der Waals surface area contributed by atoms with Crippen molar-refractivity contribution in [3.63, 3.8) is 0 Å². The summed E-state index contributed by atoms with van der Waals surface area (Å²) in [6, 6.07) is 0.613. The number of hydrogen-bond acceptors (Lipinski definition) is 2. The van der Waals surface area contributed by atoms with Gasteiger partial charge >= 0.3 is 0 Å². The van der Waals surface area contributed by atoms with Crippen molar-refractivity contribution in [2.24, 2.45) is 11.8 Å². The van der Waals surface area contributed by atoms with Crippen LogP contribution in [0.1, 0.15) is 66.2 Å². The van der Waals surface area contributed by atoms with Crippen LogP contribution in [0.3, 0.4) is 0 Å². The van der Waals surface area contributed by atoms with Gasteiger partial charge in [-0.05, 0) is 45.1 Å². The zero-order chi connectivity index (χ0) is 13.5. The van der Waals surface area contributed by atoms with E-state index >= 15 is 0 Å². The van der Waals surface area contributed by atoms with Gasteiger partial charge in [-0.2, -0.15) is 0 Å². The molecule has 2 nitrogen and oxygen atoms in total. The van der Waals surface area contributed by atoms with Crippen molar-refractivity contribution in [3.8, 4) is 0 Å². The van der Waals surface area contributed by atoms with E-state index in [9.17, 15) is 4.79 Å². The van der Waals surface area contributed by atoms with E-state index in [4.69, 9.17) is 0 Å². The molecule has 2 heteroatoms. The molecule has 0 amide bonds. The van der Waals surface area contributed by atoms with Gasteiger partial charge in [0.25, 0.3) is 0 Å². The summed E-state index contributed by atoms with van der Waals surface area (Å²) in [7, 11) is 0. The van der Waals surface area contributed by atoms with Crippen LogP contribution in [-0.4, -0.2) is 29.8 Å². The SMILES string of the molecule is CCCCN(CC1CC(C)CCC1=O)C(C)CC. The molecule has 0 spiro atoms. The predicted molar refractivity (Wildman–Crippen MR) is 77.7 cm³/mol. The third kappa shape index (κ3) is 4.72. The molecular formula is C16H31NO. The van der Waals surface area contributed by atoms with Gasteiger partial charge in [0.05, 0.1) is 0 Å². The molecule has 18 heavy (non-hydrogen) atoms. The first-order chi connectivity index (χ1) is 8.58. The van der Waals surface area contributed by atoms with E-state index in [1.807, 2.05) is 0 Å². The van der Waals surface area contributed by atoms with Gasteiger partial charge in [0.1, 0.15) is 5.78 Å². The number of unbranched alkanes of at least 4 members (excludes halogenated alkanes) is 1. The average Bonchev–Trinajstić information content (AvgIpc) is 2.37. The van der Waals surface area contributed by atoms with Crippen molar-refractivity contribution in [2.75, 3.05) is 13.1 Å². The third-order valence-electron chi connectivity index (χ3n) is 4.49. The second kappa shape index (κ2) is 7.93. The molecule has 0 bridgehead atoms. The number of hydrogen-bond donors (Lipinski definition) is 0. The molecule has 1 aliphatic rings. The number of carbonyl (C=O) groups excluding carboxylic acids is 1. The first-order valence-corrected chi connectivity index (χ1v) is 7.85. The smallest absolute Gasteiger partial charge is 0.137 e. The minimum Gasteiger partial charge on any atom is -0.300 e. The molecule has 0 aromatic heterocycles. The Balaban J connectivity index is 2.54. The van der Waals surface area contributed by atoms with Crippen molar-refractivity contribution in [2.45, 2.75) is 72.3 Å². The Kier molecular flexibility index (Phi) is 6.91. The van der Waals surface area contributed by atoms with E-state index in [-0.39, 0.29) is 0 Å². The summed E-state index contributed by atoms with van der Waals surface area (Å²) >= 11 is 0. The molecule has 0 aromatic rings. The number of ketones is 1. The summed E-state index contributed by atoms with van der Waals surface area (Å²) in [5.41, 5.74) is 0. The Labute approximate surface area is 113 Å². The fourth-order valence-electron chi connectivity index (χ4n) is 2.90. The van der Waals surface area contributed by atoms with Gasteiger partial charge in [-0.15, -0.1) is 0 Å². The number of rotatable bonds is 7. The van der Waals surface area contributed by atoms with Gasteiger partial charge in [-0.25, -0.2) is 0 Å². The molecule has 0 saturated heterocycles. The third-order valence-corrected chi connectivity index (χ3v) is 4.49. The Morgan fingerprint density at radius 3 is 2.72 bits per heavy atom. The van der Waals surface area contributed by atoms with Crippen molar-refractivity contribution >= 4 is 5.78 Å². The van der Waals surface area contributed by atoms with Crippen LogP contribution in [0.5, 0.6) is 0 Å². The van der Waals surface area contributed by atoms with E-state index in [1.54, 1.807) is 0 Å². The molecule has 0 radical (unpaired) electrons. The minimum atomic E-state index is 0.305. The lowest BCUT2D eigenvalue weighted by Gasteiger charge is -2.34. The van der Waals surface area contributed by atoms with Crippen molar-refractivity contribution in [1.82, 2.24) is 4.90 Å². The highest BCUT2D eigenvalue weighted by molar-refractivity contribution is 5.81. The maximum absolute atomic E-state index is 12.0. The van der Waals surface area contributed by atoms with Crippen molar-refractivity contribution < 1.29 is 4.79 Å². The highest BCUT2D eigenvalue weighted by Gasteiger charge is 2.28. The highest BCUT2D eigenvalue weighted by atomic mass is 16.1. The van der Waals surface area contributed by atoms with Gasteiger partial charge < -0.3 is 0 Å². The molecule has 106 valence electrons. The van der Waals surface area contributed by atoms with Gasteiger partial charge in [0, 0.05) is 24.9 Å². The fraction of sp³-hybridized carbons (Fsp3) is 0.938. The average molecular weight is 253 g/mol. The van der Waals surface area contributed by atoms with Crippen LogP contribution in [0.2, 0.25) is 0 Å². The van der Waals surface area contributed by atoms with E-state index < -0.39 is 0 Å². The van der Waals surface area contributed by atoms with Gasteiger partial charge in [-0.3, -0.25) is 9.69 Å². The van der Waals surface area contributed by atoms with Gasteiger partial charge in [0.15, 0.2) is 0 Å². The zero-order valence-electron chi connectivity index (χ0n) is 12.7. The summed E-state index contributed by atoms with van der Waals surface area (Å²) < 4.78 is 0. The molecular weight excluding hydrogens is 222 g/mol.